The molecule has 3 aromatic rings. The first kappa shape index (κ1) is 19.3. The number of aryl methyl sites for hydroxylation is 1. The van der Waals surface area contributed by atoms with Gasteiger partial charge in [-0.15, -0.1) is 0 Å². The van der Waals surface area contributed by atoms with Crippen LogP contribution in [0.5, 0.6) is 0 Å². The molecule has 5 rings (SSSR count). The van der Waals surface area contributed by atoms with Gasteiger partial charge in [-0.2, -0.15) is 5.10 Å². The summed E-state index contributed by atoms with van der Waals surface area (Å²) in [6.45, 7) is 9.95. The Balaban J connectivity index is 1.54. The molecule has 3 heterocycles. The fraction of sp³-hybridized carbons (Fsp3) is 0.480. The Morgan fingerprint density at radius 3 is 2.67 bits per heavy atom. The predicted octanol–water partition coefficient (Wildman–Crippen LogP) is 5.00. The van der Waals surface area contributed by atoms with E-state index in [0.29, 0.717) is 11.6 Å². The molecule has 0 spiro atoms. The van der Waals surface area contributed by atoms with E-state index < -0.39 is 0 Å². The summed E-state index contributed by atoms with van der Waals surface area (Å²) in [6, 6.07) is 12.4. The Hall–Kier alpha value is -2.69. The van der Waals surface area contributed by atoms with Crippen molar-refractivity contribution in [3.05, 3.63) is 53.9 Å². The highest BCUT2D eigenvalue weighted by Gasteiger charge is 2.51. The second-order valence-electron chi connectivity index (χ2n) is 10.3. The Labute approximate surface area is 178 Å². The Morgan fingerprint density at radius 1 is 1.17 bits per heavy atom. The molecule has 5 heteroatoms. The third-order valence-corrected chi connectivity index (χ3v) is 6.89. The number of fused-ring (bicyclic) bond motifs is 3. The second kappa shape index (κ2) is 6.66. The molecule has 1 saturated carbocycles. The first-order valence-electron chi connectivity index (χ1n) is 11.0. The molecule has 2 fully saturated rings. The maximum Gasteiger partial charge on any atom is 0.257 e. The molecule has 1 aliphatic heterocycles. The Morgan fingerprint density at radius 2 is 1.93 bits per heavy atom. The summed E-state index contributed by atoms with van der Waals surface area (Å²) in [5.41, 5.74) is 4.87. The maximum atomic E-state index is 13.7. The molecule has 30 heavy (non-hydrogen) atoms. The first-order valence-corrected chi connectivity index (χ1v) is 11.0. The molecule has 0 radical (unpaired) electrons. The van der Waals surface area contributed by atoms with Gasteiger partial charge in [0, 0.05) is 30.4 Å². The molecule has 5 nitrogen and oxygen atoms in total. The quantitative estimate of drug-likeness (QED) is 0.619. The molecule has 2 bridgehead atoms. The zero-order valence-corrected chi connectivity index (χ0v) is 18.4. The number of nitrogens with zero attached hydrogens (tertiary/aromatic N) is 4. The van der Waals surface area contributed by atoms with E-state index in [1.54, 1.807) is 6.20 Å². The first-order chi connectivity index (χ1) is 14.3. The van der Waals surface area contributed by atoms with Gasteiger partial charge in [0.25, 0.3) is 5.91 Å². The minimum Gasteiger partial charge on any atom is -0.335 e. The van der Waals surface area contributed by atoms with Crippen molar-refractivity contribution in [2.45, 2.75) is 59.4 Å². The third kappa shape index (κ3) is 3.11. The van der Waals surface area contributed by atoms with E-state index in [2.05, 4.69) is 37.6 Å². The SMILES string of the molecule is CCc1c(C(=O)N2CC3(C)CC2CC(C)(C)C3)cnc2cc(-c3ccccc3)nn12. The van der Waals surface area contributed by atoms with E-state index in [0.717, 1.165) is 48.4 Å². The van der Waals surface area contributed by atoms with Gasteiger partial charge in [0.1, 0.15) is 0 Å². The van der Waals surface area contributed by atoms with Crippen LogP contribution in [0.3, 0.4) is 0 Å². The highest BCUT2D eigenvalue weighted by molar-refractivity contribution is 5.96. The number of hydrogen-bond donors (Lipinski definition) is 0. The summed E-state index contributed by atoms with van der Waals surface area (Å²) >= 11 is 0. The predicted molar refractivity (Wildman–Crippen MR) is 118 cm³/mol. The van der Waals surface area contributed by atoms with Crippen LogP contribution in [0.4, 0.5) is 0 Å². The van der Waals surface area contributed by atoms with E-state index >= 15 is 0 Å². The molecule has 1 saturated heterocycles. The minimum absolute atomic E-state index is 0.115. The smallest absolute Gasteiger partial charge is 0.257 e. The minimum atomic E-state index is 0.115. The van der Waals surface area contributed by atoms with Gasteiger partial charge < -0.3 is 4.90 Å². The summed E-state index contributed by atoms with van der Waals surface area (Å²) in [6.07, 6.45) is 5.86. The summed E-state index contributed by atoms with van der Waals surface area (Å²) in [5.74, 6) is 0.115. The number of benzene rings is 1. The monoisotopic (exact) mass is 402 g/mol. The van der Waals surface area contributed by atoms with E-state index in [1.165, 1.54) is 6.42 Å². The zero-order chi connectivity index (χ0) is 21.1. The topological polar surface area (TPSA) is 50.5 Å². The number of hydrogen-bond acceptors (Lipinski definition) is 3. The lowest BCUT2D eigenvalue weighted by Gasteiger charge is -2.39. The lowest BCUT2D eigenvalue weighted by Crippen LogP contribution is -2.38. The van der Waals surface area contributed by atoms with Gasteiger partial charge in [-0.25, -0.2) is 9.50 Å². The second-order valence-corrected chi connectivity index (χ2v) is 10.3. The van der Waals surface area contributed by atoms with Crippen molar-refractivity contribution in [3.63, 3.8) is 0 Å². The zero-order valence-electron chi connectivity index (χ0n) is 18.4. The van der Waals surface area contributed by atoms with Gasteiger partial charge in [-0.05, 0) is 36.5 Å². The number of carbonyl (C=O) groups excluding carboxylic acids is 1. The van der Waals surface area contributed by atoms with Crippen molar-refractivity contribution in [3.8, 4) is 11.3 Å². The van der Waals surface area contributed by atoms with Gasteiger partial charge in [0.05, 0.1) is 17.0 Å². The molecule has 156 valence electrons. The largest absolute Gasteiger partial charge is 0.335 e. The molecule has 1 amide bonds. The molecular formula is C25H30N4O. The van der Waals surface area contributed by atoms with Crippen molar-refractivity contribution in [2.75, 3.05) is 6.54 Å². The Bertz CT molecular complexity index is 1120. The average molecular weight is 403 g/mol. The van der Waals surface area contributed by atoms with Crippen molar-refractivity contribution < 1.29 is 4.79 Å². The molecule has 2 aromatic heterocycles. The lowest BCUT2D eigenvalue weighted by atomic mass is 9.65. The van der Waals surface area contributed by atoms with Crippen LogP contribution < -0.4 is 0 Å². The Kier molecular flexibility index (Phi) is 4.28. The summed E-state index contributed by atoms with van der Waals surface area (Å²) in [5, 5.41) is 4.81. The average Bonchev–Trinajstić information content (AvgIpc) is 3.24. The van der Waals surface area contributed by atoms with Crippen molar-refractivity contribution >= 4 is 11.6 Å². The van der Waals surface area contributed by atoms with Gasteiger partial charge in [-0.1, -0.05) is 58.0 Å². The standard InChI is InChI=1S/C25H30N4O/c1-5-21-19(23(30)28-16-25(4)13-18(28)12-24(2,3)15-25)14-26-22-11-20(27-29(21)22)17-9-7-6-8-10-17/h6-11,14,18H,5,12-13,15-16H2,1-4H3. The van der Waals surface area contributed by atoms with Crippen LogP contribution in [0, 0.1) is 10.8 Å². The van der Waals surface area contributed by atoms with Crippen LogP contribution in [0.2, 0.25) is 0 Å². The van der Waals surface area contributed by atoms with E-state index in [4.69, 9.17) is 5.10 Å². The highest BCUT2D eigenvalue weighted by Crippen LogP contribution is 2.52. The van der Waals surface area contributed by atoms with E-state index in [9.17, 15) is 4.79 Å². The van der Waals surface area contributed by atoms with Crippen LogP contribution in [-0.4, -0.2) is 38.0 Å². The maximum absolute atomic E-state index is 13.7. The van der Waals surface area contributed by atoms with Crippen molar-refractivity contribution in [1.82, 2.24) is 19.5 Å². The third-order valence-electron chi connectivity index (χ3n) is 6.89. The molecule has 1 aromatic carbocycles. The normalized spacial score (nSPS) is 25.1. The van der Waals surface area contributed by atoms with Gasteiger partial charge in [0.15, 0.2) is 5.65 Å². The number of rotatable bonds is 3. The van der Waals surface area contributed by atoms with Crippen molar-refractivity contribution in [1.29, 1.82) is 0 Å². The summed E-state index contributed by atoms with van der Waals surface area (Å²) in [4.78, 5) is 20.4. The molecule has 2 unspecified atom stereocenters. The van der Waals surface area contributed by atoms with E-state index in [-0.39, 0.29) is 16.7 Å². The van der Waals surface area contributed by atoms with Gasteiger partial charge >= 0.3 is 0 Å². The summed E-state index contributed by atoms with van der Waals surface area (Å²) < 4.78 is 1.86. The van der Waals surface area contributed by atoms with E-state index in [1.807, 2.05) is 40.9 Å². The van der Waals surface area contributed by atoms with Crippen molar-refractivity contribution in [2.24, 2.45) is 10.8 Å². The molecule has 1 aliphatic carbocycles. The highest BCUT2D eigenvalue weighted by atomic mass is 16.2. The molecule has 0 N–H and O–H groups in total. The number of likely N-dealkylation sites (tertiary alicyclic amines) is 1. The fourth-order valence-corrected chi connectivity index (χ4v) is 6.10. The fourth-order valence-electron chi connectivity index (χ4n) is 6.10. The molecule has 2 aliphatic rings. The number of aromatic nitrogens is 3. The van der Waals surface area contributed by atoms with Crippen LogP contribution in [0.15, 0.2) is 42.6 Å². The van der Waals surface area contributed by atoms with Gasteiger partial charge in [0.2, 0.25) is 0 Å². The molecular weight excluding hydrogens is 372 g/mol. The van der Waals surface area contributed by atoms with Crippen LogP contribution in [0.1, 0.15) is 63.0 Å². The van der Waals surface area contributed by atoms with Crippen LogP contribution >= 0.6 is 0 Å². The van der Waals surface area contributed by atoms with Gasteiger partial charge in [-0.3, -0.25) is 4.79 Å². The molecule has 2 atom stereocenters. The number of amides is 1. The van der Waals surface area contributed by atoms with Crippen LogP contribution in [0.25, 0.3) is 16.9 Å². The summed E-state index contributed by atoms with van der Waals surface area (Å²) in [7, 11) is 0. The lowest BCUT2D eigenvalue weighted by molar-refractivity contribution is 0.0706. The van der Waals surface area contributed by atoms with Crippen LogP contribution in [-0.2, 0) is 6.42 Å². The number of carbonyl (C=O) groups is 1.